The van der Waals surface area contributed by atoms with Gasteiger partial charge in [0.25, 0.3) is 0 Å². The number of nitrogen functional groups attached to an aromatic ring is 1. The molecule has 2 aromatic heterocycles. The highest BCUT2D eigenvalue weighted by Gasteiger charge is 2.04. The zero-order valence-electron chi connectivity index (χ0n) is 8.32. The second-order valence-corrected chi connectivity index (χ2v) is 3.38. The fourth-order valence-electron chi connectivity index (χ4n) is 1.41. The summed E-state index contributed by atoms with van der Waals surface area (Å²) in [5.74, 6) is 2.44. The zero-order chi connectivity index (χ0) is 10.1. The van der Waals surface area contributed by atoms with Crippen LogP contribution < -0.4 is 5.73 Å². The van der Waals surface area contributed by atoms with Crippen molar-refractivity contribution in [1.82, 2.24) is 9.78 Å². The number of nitrogens with two attached hydrogens (primary N) is 1. The molecule has 0 amide bonds. The molecular formula is C10H13N3O. The molecule has 0 unspecified atom stereocenters. The Kier molecular flexibility index (Phi) is 2.04. The van der Waals surface area contributed by atoms with E-state index in [9.17, 15) is 0 Å². The maximum Gasteiger partial charge on any atom is 0.125 e. The minimum Gasteiger partial charge on any atom is -0.464 e. The molecule has 2 rings (SSSR count). The van der Waals surface area contributed by atoms with Crippen LogP contribution in [0.5, 0.6) is 0 Å². The molecule has 0 aliphatic carbocycles. The molecule has 0 spiro atoms. The number of hydrogen-bond donors (Lipinski definition) is 1. The molecule has 0 aromatic carbocycles. The van der Waals surface area contributed by atoms with Crippen LogP contribution in [-0.4, -0.2) is 9.78 Å². The van der Waals surface area contributed by atoms with E-state index >= 15 is 0 Å². The van der Waals surface area contributed by atoms with Gasteiger partial charge >= 0.3 is 0 Å². The number of aryl methyl sites for hydroxylation is 2. The minimum absolute atomic E-state index is 0.591. The van der Waals surface area contributed by atoms with Crippen LogP contribution in [0.25, 0.3) is 0 Å². The first-order chi connectivity index (χ1) is 6.65. The summed E-state index contributed by atoms with van der Waals surface area (Å²) in [5.41, 5.74) is 6.68. The lowest BCUT2D eigenvalue weighted by atomic mass is 10.4. The number of furan rings is 1. The quantitative estimate of drug-likeness (QED) is 0.786. The van der Waals surface area contributed by atoms with Crippen molar-refractivity contribution in [2.75, 3.05) is 5.73 Å². The average molecular weight is 191 g/mol. The van der Waals surface area contributed by atoms with Gasteiger partial charge in [0.2, 0.25) is 0 Å². The van der Waals surface area contributed by atoms with Crippen LogP contribution in [0.2, 0.25) is 0 Å². The third-order valence-corrected chi connectivity index (χ3v) is 2.03. The summed E-state index contributed by atoms with van der Waals surface area (Å²) in [7, 11) is 0. The lowest BCUT2D eigenvalue weighted by molar-refractivity contribution is 0.460. The van der Waals surface area contributed by atoms with E-state index in [0.29, 0.717) is 12.4 Å². The van der Waals surface area contributed by atoms with E-state index in [1.807, 2.05) is 32.0 Å². The predicted molar refractivity (Wildman–Crippen MR) is 53.9 cm³/mol. The lowest BCUT2D eigenvalue weighted by Gasteiger charge is -2.00. The van der Waals surface area contributed by atoms with Crippen molar-refractivity contribution < 1.29 is 4.42 Å². The molecule has 74 valence electrons. The second-order valence-electron chi connectivity index (χ2n) is 3.38. The predicted octanol–water partition coefficient (Wildman–Crippen LogP) is 1.72. The van der Waals surface area contributed by atoms with Crippen LogP contribution in [0.1, 0.15) is 17.2 Å². The summed E-state index contributed by atoms with van der Waals surface area (Å²) in [5, 5.41) is 4.25. The van der Waals surface area contributed by atoms with E-state index in [2.05, 4.69) is 5.10 Å². The Balaban J connectivity index is 2.22. The summed E-state index contributed by atoms with van der Waals surface area (Å²) >= 11 is 0. The number of aromatic nitrogens is 2. The fraction of sp³-hybridized carbons (Fsp3) is 0.300. The third kappa shape index (κ3) is 1.64. The molecule has 4 heteroatoms. The Morgan fingerprint density at radius 3 is 2.71 bits per heavy atom. The number of nitrogens with zero attached hydrogens (tertiary/aromatic N) is 2. The van der Waals surface area contributed by atoms with Gasteiger partial charge in [-0.25, -0.2) is 4.68 Å². The second kappa shape index (κ2) is 3.21. The molecule has 0 saturated heterocycles. The molecular weight excluding hydrogens is 178 g/mol. The van der Waals surface area contributed by atoms with Crippen LogP contribution in [-0.2, 0) is 6.54 Å². The molecule has 0 atom stereocenters. The zero-order valence-corrected chi connectivity index (χ0v) is 8.32. The van der Waals surface area contributed by atoms with Crippen molar-refractivity contribution in [3.05, 3.63) is 35.4 Å². The van der Waals surface area contributed by atoms with E-state index in [0.717, 1.165) is 17.2 Å². The van der Waals surface area contributed by atoms with Crippen LogP contribution in [0.4, 0.5) is 5.82 Å². The molecule has 0 radical (unpaired) electrons. The highest BCUT2D eigenvalue weighted by Crippen LogP contribution is 2.11. The highest BCUT2D eigenvalue weighted by atomic mass is 16.3. The maximum absolute atomic E-state index is 5.75. The maximum atomic E-state index is 5.75. The van der Waals surface area contributed by atoms with Crippen molar-refractivity contribution in [2.45, 2.75) is 20.4 Å². The molecule has 4 nitrogen and oxygen atoms in total. The molecule has 0 aliphatic rings. The molecule has 0 fully saturated rings. The summed E-state index contributed by atoms with van der Waals surface area (Å²) < 4.78 is 7.17. The number of hydrogen-bond acceptors (Lipinski definition) is 3. The molecule has 2 heterocycles. The Morgan fingerprint density at radius 2 is 2.21 bits per heavy atom. The first-order valence-electron chi connectivity index (χ1n) is 4.50. The van der Waals surface area contributed by atoms with Gasteiger partial charge < -0.3 is 10.2 Å². The van der Waals surface area contributed by atoms with Gasteiger partial charge in [0, 0.05) is 6.07 Å². The fourth-order valence-corrected chi connectivity index (χ4v) is 1.41. The monoisotopic (exact) mass is 191 g/mol. The van der Waals surface area contributed by atoms with Crippen LogP contribution >= 0.6 is 0 Å². The van der Waals surface area contributed by atoms with Crippen molar-refractivity contribution >= 4 is 5.82 Å². The van der Waals surface area contributed by atoms with Gasteiger partial charge in [-0.1, -0.05) is 0 Å². The van der Waals surface area contributed by atoms with Gasteiger partial charge in [-0.15, -0.1) is 0 Å². The van der Waals surface area contributed by atoms with Gasteiger partial charge in [0.15, 0.2) is 0 Å². The molecule has 0 aliphatic heterocycles. The Labute approximate surface area is 82.3 Å². The SMILES string of the molecule is Cc1cc(N)n(Cc2ccc(C)o2)n1. The van der Waals surface area contributed by atoms with E-state index in [1.54, 1.807) is 4.68 Å². The van der Waals surface area contributed by atoms with Gasteiger partial charge in [-0.2, -0.15) is 5.10 Å². The normalized spacial score (nSPS) is 10.7. The van der Waals surface area contributed by atoms with Gasteiger partial charge in [0.1, 0.15) is 23.9 Å². The first kappa shape index (κ1) is 8.87. The lowest BCUT2D eigenvalue weighted by Crippen LogP contribution is -2.04. The molecule has 2 aromatic rings. The highest BCUT2D eigenvalue weighted by molar-refractivity contribution is 5.30. The molecule has 14 heavy (non-hydrogen) atoms. The van der Waals surface area contributed by atoms with Gasteiger partial charge in [0.05, 0.1) is 5.69 Å². The van der Waals surface area contributed by atoms with Crippen LogP contribution in [0.15, 0.2) is 22.6 Å². The van der Waals surface area contributed by atoms with Crippen molar-refractivity contribution in [3.63, 3.8) is 0 Å². The van der Waals surface area contributed by atoms with Gasteiger partial charge in [-0.3, -0.25) is 0 Å². The smallest absolute Gasteiger partial charge is 0.125 e. The Hall–Kier alpha value is -1.71. The summed E-state index contributed by atoms with van der Waals surface area (Å²) in [4.78, 5) is 0. The Morgan fingerprint density at radius 1 is 1.43 bits per heavy atom. The van der Waals surface area contributed by atoms with Crippen LogP contribution in [0, 0.1) is 13.8 Å². The Bertz CT molecular complexity index is 442. The molecule has 0 bridgehead atoms. The topological polar surface area (TPSA) is 57.0 Å². The summed E-state index contributed by atoms with van der Waals surface area (Å²) in [6, 6.07) is 5.71. The number of rotatable bonds is 2. The van der Waals surface area contributed by atoms with Gasteiger partial charge in [-0.05, 0) is 26.0 Å². The van der Waals surface area contributed by atoms with Crippen LogP contribution in [0.3, 0.4) is 0 Å². The minimum atomic E-state index is 0.591. The summed E-state index contributed by atoms with van der Waals surface area (Å²) in [6.07, 6.45) is 0. The molecule has 0 saturated carbocycles. The van der Waals surface area contributed by atoms with Crippen molar-refractivity contribution in [3.8, 4) is 0 Å². The largest absolute Gasteiger partial charge is 0.464 e. The number of anilines is 1. The van der Waals surface area contributed by atoms with E-state index in [-0.39, 0.29) is 0 Å². The van der Waals surface area contributed by atoms with E-state index < -0.39 is 0 Å². The van der Waals surface area contributed by atoms with E-state index in [1.165, 1.54) is 0 Å². The first-order valence-corrected chi connectivity index (χ1v) is 4.50. The molecule has 2 N–H and O–H groups in total. The van der Waals surface area contributed by atoms with Crippen molar-refractivity contribution in [1.29, 1.82) is 0 Å². The summed E-state index contributed by atoms with van der Waals surface area (Å²) in [6.45, 7) is 4.43. The third-order valence-electron chi connectivity index (χ3n) is 2.03. The van der Waals surface area contributed by atoms with E-state index in [4.69, 9.17) is 10.2 Å². The average Bonchev–Trinajstić information content (AvgIpc) is 2.61. The van der Waals surface area contributed by atoms with Crippen molar-refractivity contribution in [2.24, 2.45) is 0 Å². The standard InChI is InChI=1S/C10H13N3O/c1-7-5-10(11)13(12-7)6-9-4-3-8(2)14-9/h3-5H,6,11H2,1-2H3.